The highest BCUT2D eigenvalue weighted by molar-refractivity contribution is 5.83. The molecule has 29 heavy (non-hydrogen) atoms. The van der Waals surface area contributed by atoms with Crippen LogP contribution in [0.5, 0.6) is 0 Å². The van der Waals surface area contributed by atoms with Gasteiger partial charge in [0.1, 0.15) is 17.7 Å². The molecule has 1 amide bonds. The van der Waals surface area contributed by atoms with E-state index in [1.54, 1.807) is 11.0 Å². The van der Waals surface area contributed by atoms with Gasteiger partial charge in [-0.25, -0.2) is 8.78 Å². The molecule has 0 spiro atoms. The third kappa shape index (κ3) is 4.29. The van der Waals surface area contributed by atoms with Gasteiger partial charge in [0.25, 0.3) is 0 Å². The highest BCUT2D eigenvalue weighted by Gasteiger charge is 2.38. The summed E-state index contributed by atoms with van der Waals surface area (Å²) in [6, 6.07) is 12.9. The minimum atomic E-state index is -0.622. The lowest BCUT2D eigenvalue weighted by atomic mass is 10.0. The molecular formula is C22H22F2N4O. The van der Waals surface area contributed by atoms with Crippen molar-refractivity contribution >= 4 is 5.91 Å². The van der Waals surface area contributed by atoms with E-state index in [1.165, 1.54) is 12.1 Å². The zero-order valence-corrected chi connectivity index (χ0v) is 16.0. The second kappa shape index (κ2) is 8.27. The minimum absolute atomic E-state index is 0.0181. The second-order valence-electron chi connectivity index (χ2n) is 7.59. The SMILES string of the molecule is N#Cc1cccc(CN2CCN3CCN(Cc4ccc(F)cc4F)C(=O)C3C2)c1. The average Bonchev–Trinajstić information content (AvgIpc) is 2.72. The summed E-state index contributed by atoms with van der Waals surface area (Å²) < 4.78 is 27.2. The van der Waals surface area contributed by atoms with Gasteiger partial charge in [0.15, 0.2) is 0 Å². The number of piperazine rings is 2. The Bertz CT molecular complexity index is 958. The summed E-state index contributed by atoms with van der Waals surface area (Å²) in [5.41, 5.74) is 2.00. The number of carbonyl (C=O) groups excluding carboxylic acids is 1. The molecule has 1 unspecified atom stereocenters. The zero-order chi connectivity index (χ0) is 20.4. The number of amides is 1. The average molecular weight is 396 g/mol. The highest BCUT2D eigenvalue weighted by atomic mass is 19.1. The largest absolute Gasteiger partial charge is 0.336 e. The van der Waals surface area contributed by atoms with Gasteiger partial charge < -0.3 is 4.90 Å². The van der Waals surface area contributed by atoms with E-state index < -0.39 is 11.6 Å². The summed E-state index contributed by atoms with van der Waals surface area (Å²) in [7, 11) is 0. The van der Waals surface area contributed by atoms with E-state index in [1.807, 2.05) is 18.2 Å². The van der Waals surface area contributed by atoms with Crippen molar-refractivity contribution in [2.45, 2.75) is 19.1 Å². The third-order valence-electron chi connectivity index (χ3n) is 5.67. The van der Waals surface area contributed by atoms with E-state index in [4.69, 9.17) is 5.26 Å². The lowest BCUT2D eigenvalue weighted by Gasteiger charge is -2.46. The number of fused-ring (bicyclic) bond motifs is 1. The van der Waals surface area contributed by atoms with E-state index in [0.717, 1.165) is 31.3 Å². The van der Waals surface area contributed by atoms with E-state index in [-0.39, 0.29) is 18.5 Å². The summed E-state index contributed by atoms with van der Waals surface area (Å²) in [4.78, 5) is 19.1. The molecule has 0 aliphatic carbocycles. The molecule has 4 rings (SSSR count). The van der Waals surface area contributed by atoms with Gasteiger partial charge in [-0.3, -0.25) is 14.6 Å². The van der Waals surface area contributed by atoms with Crippen molar-refractivity contribution in [2.24, 2.45) is 0 Å². The number of nitrogens with zero attached hydrogens (tertiary/aromatic N) is 4. The molecule has 2 heterocycles. The molecule has 2 aliphatic heterocycles. The molecule has 0 N–H and O–H groups in total. The van der Waals surface area contributed by atoms with Gasteiger partial charge in [-0.15, -0.1) is 0 Å². The predicted octanol–water partition coefficient (Wildman–Crippen LogP) is 2.37. The molecule has 1 atom stereocenters. The number of carbonyl (C=O) groups is 1. The van der Waals surface area contributed by atoms with Crippen LogP contribution in [0.1, 0.15) is 16.7 Å². The Morgan fingerprint density at radius 3 is 2.66 bits per heavy atom. The monoisotopic (exact) mass is 396 g/mol. The maximum Gasteiger partial charge on any atom is 0.241 e. The first-order valence-electron chi connectivity index (χ1n) is 9.71. The molecule has 0 radical (unpaired) electrons. The third-order valence-corrected chi connectivity index (χ3v) is 5.67. The van der Waals surface area contributed by atoms with Crippen molar-refractivity contribution in [3.05, 3.63) is 70.8 Å². The van der Waals surface area contributed by atoms with E-state index in [2.05, 4.69) is 15.9 Å². The Labute approximate surface area is 168 Å². The fraction of sp³-hybridized carbons (Fsp3) is 0.364. The summed E-state index contributed by atoms with van der Waals surface area (Å²) in [5.74, 6) is -1.26. The van der Waals surface area contributed by atoms with Gasteiger partial charge in [-0.1, -0.05) is 18.2 Å². The first-order chi connectivity index (χ1) is 14.0. The summed E-state index contributed by atoms with van der Waals surface area (Å²) in [5, 5.41) is 9.07. The van der Waals surface area contributed by atoms with Crippen molar-refractivity contribution < 1.29 is 13.6 Å². The number of halogens is 2. The molecule has 150 valence electrons. The van der Waals surface area contributed by atoms with E-state index >= 15 is 0 Å². The van der Waals surface area contributed by atoms with Crippen LogP contribution in [-0.4, -0.2) is 59.4 Å². The maximum absolute atomic E-state index is 14.0. The van der Waals surface area contributed by atoms with Crippen molar-refractivity contribution in [1.29, 1.82) is 5.26 Å². The quantitative estimate of drug-likeness (QED) is 0.796. The van der Waals surface area contributed by atoms with Crippen LogP contribution in [-0.2, 0) is 17.9 Å². The molecule has 0 saturated carbocycles. The van der Waals surface area contributed by atoms with E-state index in [0.29, 0.717) is 30.8 Å². The minimum Gasteiger partial charge on any atom is -0.336 e. The molecule has 2 aromatic carbocycles. The van der Waals surface area contributed by atoms with Gasteiger partial charge in [-0.2, -0.15) is 5.26 Å². The van der Waals surface area contributed by atoms with Crippen LogP contribution in [0.2, 0.25) is 0 Å². The molecule has 2 saturated heterocycles. The van der Waals surface area contributed by atoms with Gasteiger partial charge in [0.2, 0.25) is 5.91 Å². The molecule has 7 heteroatoms. The van der Waals surface area contributed by atoms with E-state index in [9.17, 15) is 13.6 Å². The number of benzene rings is 2. The van der Waals surface area contributed by atoms with Crippen molar-refractivity contribution in [3.8, 4) is 6.07 Å². The number of hydrogen-bond donors (Lipinski definition) is 0. The fourth-order valence-electron chi connectivity index (χ4n) is 4.10. The maximum atomic E-state index is 14.0. The molecule has 5 nitrogen and oxygen atoms in total. The van der Waals surface area contributed by atoms with Crippen LogP contribution >= 0.6 is 0 Å². The van der Waals surface area contributed by atoms with Crippen molar-refractivity contribution in [3.63, 3.8) is 0 Å². The fourth-order valence-corrected chi connectivity index (χ4v) is 4.10. The number of nitriles is 1. The summed E-state index contributed by atoms with van der Waals surface area (Å²) in [6.45, 7) is 4.37. The van der Waals surface area contributed by atoms with Crippen LogP contribution in [0.4, 0.5) is 8.78 Å². The Kier molecular flexibility index (Phi) is 5.56. The van der Waals surface area contributed by atoms with Crippen LogP contribution in [0, 0.1) is 23.0 Å². The van der Waals surface area contributed by atoms with Gasteiger partial charge in [0.05, 0.1) is 11.6 Å². The Hall–Kier alpha value is -2.82. The molecular weight excluding hydrogens is 374 g/mol. The summed E-state index contributed by atoms with van der Waals surface area (Å²) >= 11 is 0. The zero-order valence-electron chi connectivity index (χ0n) is 16.0. The molecule has 2 fully saturated rings. The van der Waals surface area contributed by atoms with Crippen molar-refractivity contribution in [1.82, 2.24) is 14.7 Å². The van der Waals surface area contributed by atoms with Crippen LogP contribution in [0.25, 0.3) is 0 Å². The van der Waals surface area contributed by atoms with Gasteiger partial charge in [0, 0.05) is 57.4 Å². The first kappa shape index (κ1) is 19.5. The molecule has 2 aromatic rings. The number of rotatable bonds is 4. The molecule has 0 bridgehead atoms. The van der Waals surface area contributed by atoms with Gasteiger partial charge >= 0.3 is 0 Å². The topological polar surface area (TPSA) is 50.6 Å². The smallest absolute Gasteiger partial charge is 0.241 e. The normalized spacial score (nSPS) is 20.4. The second-order valence-corrected chi connectivity index (χ2v) is 7.59. The van der Waals surface area contributed by atoms with Crippen LogP contribution < -0.4 is 0 Å². The standard InChI is InChI=1S/C22H22F2N4O/c23-19-5-4-18(20(24)11-19)14-28-9-8-27-7-6-26(15-21(27)22(28)29)13-17-3-1-2-16(10-17)12-25/h1-5,10-11,21H,6-9,13-15H2. The Morgan fingerprint density at radius 2 is 1.86 bits per heavy atom. The Balaban J connectivity index is 1.43. The highest BCUT2D eigenvalue weighted by Crippen LogP contribution is 2.21. The summed E-state index contributed by atoms with van der Waals surface area (Å²) in [6.07, 6.45) is 0. The lowest BCUT2D eigenvalue weighted by Crippen LogP contribution is -2.64. The molecule has 0 aromatic heterocycles. The predicted molar refractivity (Wildman–Crippen MR) is 104 cm³/mol. The first-order valence-corrected chi connectivity index (χ1v) is 9.71. The Morgan fingerprint density at radius 1 is 1.03 bits per heavy atom. The van der Waals surface area contributed by atoms with Crippen LogP contribution in [0.15, 0.2) is 42.5 Å². The van der Waals surface area contributed by atoms with Gasteiger partial charge in [-0.05, 0) is 23.8 Å². The number of hydrogen-bond acceptors (Lipinski definition) is 4. The molecule has 2 aliphatic rings. The van der Waals surface area contributed by atoms with Crippen LogP contribution in [0.3, 0.4) is 0 Å². The lowest BCUT2D eigenvalue weighted by molar-refractivity contribution is -0.146. The van der Waals surface area contributed by atoms with Crippen molar-refractivity contribution in [2.75, 3.05) is 32.7 Å².